The predicted octanol–water partition coefficient (Wildman–Crippen LogP) is 4.73. The lowest BCUT2D eigenvalue weighted by molar-refractivity contribution is -0.136. The average Bonchev–Trinajstić information content (AvgIpc) is 3.59. The normalized spacial score (nSPS) is 16.5. The van der Waals surface area contributed by atoms with E-state index in [2.05, 4.69) is 25.7 Å². The molecule has 2 aliphatic rings. The highest BCUT2D eigenvalue weighted by Gasteiger charge is 2.33. The molecule has 0 saturated carbocycles. The van der Waals surface area contributed by atoms with Gasteiger partial charge in [0.25, 0.3) is 0 Å². The van der Waals surface area contributed by atoms with Gasteiger partial charge in [0.2, 0.25) is 0 Å². The Morgan fingerprint density at radius 1 is 1.10 bits per heavy atom. The molecule has 2 aromatic heterocycles. The lowest BCUT2D eigenvalue weighted by Crippen LogP contribution is -2.45. The van der Waals surface area contributed by atoms with Crippen LogP contribution in [0.1, 0.15) is 83.0 Å². The molecule has 1 aromatic carbocycles. The Hall–Kier alpha value is -4.82. The highest BCUT2D eigenvalue weighted by atomic mass is 32.1. The minimum Gasteiger partial charge on any atom is -0.490 e. The van der Waals surface area contributed by atoms with Crippen molar-refractivity contribution < 1.29 is 38.4 Å². The van der Waals surface area contributed by atoms with Gasteiger partial charge in [0.1, 0.15) is 11.6 Å². The number of carbonyl (C=O) groups is 3. The van der Waals surface area contributed by atoms with Gasteiger partial charge in [0, 0.05) is 27.5 Å². The van der Waals surface area contributed by atoms with E-state index in [1.54, 1.807) is 42.7 Å². The number of aryl methyl sites for hydroxylation is 2. The zero-order valence-corrected chi connectivity index (χ0v) is 29.4. The summed E-state index contributed by atoms with van der Waals surface area (Å²) in [6.45, 7) is 9.71. The summed E-state index contributed by atoms with van der Waals surface area (Å²) in [5.41, 5.74) is 8.40. The van der Waals surface area contributed by atoms with E-state index in [1.165, 1.54) is 12.0 Å². The van der Waals surface area contributed by atoms with Crippen LogP contribution in [0.2, 0.25) is 0 Å². The number of amides is 2. The van der Waals surface area contributed by atoms with Crippen LogP contribution in [0, 0.1) is 13.8 Å². The van der Waals surface area contributed by atoms with Gasteiger partial charge in [-0.05, 0) is 89.6 Å². The zero-order chi connectivity index (χ0) is 35.2. The number of hydrazone groups is 1. The minimum atomic E-state index is -1.16. The first-order chi connectivity index (χ1) is 23.6. The van der Waals surface area contributed by atoms with Crippen molar-refractivity contribution in [2.75, 3.05) is 26.9 Å². The van der Waals surface area contributed by atoms with E-state index in [1.807, 2.05) is 33.8 Å². The van der Waals surface area contributed by atoms with Gasteiger partial charge in [-0.2, -0.15) is 5.10 Å². The third-order valence-electron chi connectivity index (χ3n) is 8.40. The Kier molecular flexibility index (Phi) is 11.3. The number of benzene rings is 1. The number of allylic oxidation sites excluding steroid dienone is 1. The topological polar surface area (TPSA) is 162 Å². The van der Waals surface area contributed by atoms with E-state index >= 15 is 0 Å². The molecule has 0 radical (unpaired) electrons. The second kappa shape index (κ2) is 15.6. The molecule has 0 spiro atoms. The molecule has 5 rings (SSSR count). The number of nitrogens with zero attached hydrogens (tertiary/aromatic N) is 2. The Morgan fingerprint density at radius 3 is 2.61 bits per heavy atom. The molecular formula is C35H43N5O8S. The molecule has 49 heavy (non-hydrogen) atoms. The first kappa shape index (κ1) is 35.5. The zero-order valence-electron chi connectivity index (χ0n) is 28.6. The number of aliphatic hydroxyl groups excluding tert-OH is 1. The fraction of sp³-hybridized carbons (Fsp3) is 0.429. The van der Waals surface area contributed by atoms with Crippen LogP contribution in [0.4, 0.5) is 4.79 Å². The van der Waals surface area contributed by atoms with Gasteiger partial charge in [0.15, 0.2) is 17.7 Å². The fourth-order valence-corrected chi connectivity index (χ4v) is 7.66. The number of ether oxygens (including phenoxy) is 4. The number of rotatable bonds is 13. The van der Waals surface area contributed by atoms with Crippen molar-refractivity contribution in [3.05, 3.63) is 74.1 Å². The number of aliphatic hydroxyl groups is 1. The molecule has 2 atom stereocenters. The summed E-state index contributed by atoms with van der Waals surface area (Å²) >= 11 is 1.65. The minimum absolute atomic E-state index is 0.157. The van der Waals surface area contributed by atoms with E-state index < -0.39 is 24.3 Å². The number of carbonyl (C=O) groups excluding carboxylic acids is 3. The smallest absolute Gasteiger partial charge is 0.341 e. The summed E-state index contributed by atoms with van der Waals surface area (Å²) in [5.74, 6) is -0.134. The van der Waals surface area contributed by atoms with Crippen molar-refractivity contribution in [1.82, 2.24) is 20.6 Å². The first-order valence-electron chi connectivity index (χ1n) is 16.3. The van der Waals surface area contributed by atoms with Gasteiger partial charge in [-0.1, -0.05) is 6.07 Å². The molecule has 14 heteroatoms. The number of nitrogens with one attached hydrogen (secondary N) is 3. The second-order valence-electron chi connectivity index (χ2n) is 11.7. The summed E-state index contributed by atoms with van der Waals surface area (Å²) in [6.07, 6.45) is 4.47. The average molecular weight is 694 g/mol. The molecule has 0 fully saturated rings. The van der Waals surface area contributed by atoms with E-state index in [0.717, 1.165) is 53.2 Å². The van der Waals surface area contributed by atoms with Crippen LogP contribution in [-0.2, 0) is 27.1 Å². The molecule has 2 amide bonds. The van der Waals surface area contributed by atoms with E-state index in [4.69, 9.17) is 18.9 Å². The molecule has 3 aromatic rings. The third kappa shape index (κ3) is 7.60. The summed E-state index contributed by atoms with van der Waals surface area (Å²) in [7, 11) is 1.28. The molecule has 4 N–H and O–H groups in total. The van der Waals surface area contributed by atoms with Crippen LogP contribution >= 0.6 is 11.3 Å². The van der Waals surface area contributed by atoms with Crippen LogP contribution in [0.25, 0.3) is 5.00 Å². The maximum absolute atomic E-state index is 13.1. The quantitative estimate of drug-likeness (QED) is 0.0859. The summed E-state index contributed by atoms with van der Waals surface area (Å²) in [5, 5.41) is 21.1. The van der Waals surface area contributed by atoms with Gasteiger partial charge in [-0.25, -0.2) is 14.4 Å². The van der Waals surface area contributed by atoms with Crippen molar-refractivity contribution >= 4 is 35.5 Å². The Bertz CT molecular complexity index is 1790. The highest BCUT2D eigenvalue weighted by Crippen LogP contribution is 2.39. The monoisotopic (exact) mass is 693 g/mol. The van der Waals surface area contributed by atoms with Gasteiger partial charge in [-0.3, -0.25) is 5.43 Å². The molecule has 1 aliphatic carbocycles. The number of thiophene rings is 1. The Labute approximate surface area is 289 Å². The highest BCUT2D eigenvalue weighted by molar-refractivity contribution is 7.15. The Balaban J connectivity index is 1.28. The van der Waals surface area contributed by atoms with Gasteiger partial charge < -0.3 is 39.3 Å². The number of esters is 2. The number of hydrogen-bond donors (Lipinski definition) is 4. The predicted molar refractivity (Wildman–Crippen MR) is 185 cm³/mol. The van der Waals surface area contributed by atoms with Crippen molar-refractivity contribution in [3.63, 3.8) is 0 Å². The van der Waals surface area contributed by atoms with Crippen LogP contribution in [0.5, 0.6) is 11.5 Å². The van der Waals surface area contributed by atoms with Crippen molar-refractivity contribution in [3.8, 4) is 16.5 Å². The standard InChI is InChI=1S/C35H43N5O8S/c1-7-46-26-16-22(31-29(33(42)45-6)20(4)37-35(44)38-31)13-14-25(26)48-18-28(41)39-36-17-23-15-19(3)40(21(23)5)32-30(34(43)47-8-2)24-11-9-10-12-27(24)49-32/h13-17,28,31,39,41H,7-12,18H2,1-6H3,(H2,37,38,44)/b36-17-/t28-,31-/m0/s1. The van der Waals surface area contributed by atoms with E-state index in [9.17, 15) is 19.5 Å². The lowest BCUT2D eigenvalue weighted by atomic mass is 9.95. The van der Waals surface area contributed by atoms with Gasteiger partial charge in [-0.15, -0.1) is 11.3 Å². The maximum Gasteiger partial charge on any atom is 0.341 e. The summed E-state index contributed by atoms with van der Waals surface area (Å²) in [6, 6.07) is 5.80. The van der Waals surface area contributed by atoms with E-state index in [-0.39, 0.29) is 18.1 Å². The van der Waals surface area contributed by atoms with Gasteiger partial charge in [0.05, 0.1) is 43.7 Å². The molecule has 262 valence electrons. The van der Waals surface area contributed by atoms with E-state index in [0.29, 0.717) is 41.5 Å². The largest absolute Gasteiger partial charge is 0.490 e. The van der Waals surface area contributed by atoms with Crippen LogP contribution in [-0.4, -0.2) is 67.0 Å². The van der Waals surface area contributed by atoms with Crippen molar-refractivity contribution in [2.24, 2.45) is 5.10 Å². The molecule has 0 saturated heterocycles. The SMILES string of the molecule is CCOC(=O)c1c(-n2c(C)cc(/C=N\N[C@@H](O)COc3ccc([C@@H]4NC(=O)NC(C)=C4C(=O)OC)cc3OCC)c2C)sc2c1CCCC2. The molecule has 13 nitrogen and oxygen atoms in total. The molecule has 3 heterocycles. The summed E-state index contributed by atoms with van der Waals surface area (Å²) < 4.78 is 24.1. The third-order valence-corrected chi connectivity index (χ3v) is 9.68. The maximum atomic E-state index is 13.1. The molecule has 0 bridgehead atoms. The molecule has 0 unspecified atom stereocenters. The van der Waals surface area contributed by atoms with Crippen molar-refractivity contribution in [1.29, 1.82) is 0 Å². The Morgan fingerprint density at radius 2 is 1.88 bits per heavy atom. The number of methoxy groups -OCH3 is 1. The van der Waals surface area contributed by atoms with Crippen molar-refractivity contribution in [2.45, 2.75) is 72.6 Å². The number of urea groups is 1. The van der Waals surface area contributed by atoms with Crippen LogP contribution in [0.15, 0.2) is 40.6 Å². The van der Waals surface area contributed by atoms with Gasteiger partial charge >= 0.3 is 18.0 Å². The lowest BCUT2D eigenvalue weighted by Gasteiger charge is -2.28. The number of aromatic nitrogens is 1. The summed E-state index contributed by atoms with van der Waals surface area (Å²) in [4.78, 5) is 39.1. The number of hydrogen-bond acceptors (Lipinski definition) is 11. The molecule has 1 aliphatic heterocycles. The fourth-order valence-electron chi connectivity index (χ4n) is 6.17. The van der Waals surface area contributed by atoms with Crippen LogP contribution < -0.4 is 25.5 Å². The molecular weight excluding hydrogens is 650 g/mol. The second-order valence-corrected chi connectivity index (χ2v) is 12.8. The number of fused-ring (bicyclic) bond motifs is 1. The first-order valence-corrected chi connectivity index (χ1v) is 17.1. The van der Waals surface area contributed by atoms with Crippen LogP contribution in [0.3, 0.4) is 0 Å².